The third-order valence-electron chi connectivity index (χ3n) is 3.90. The van der Waals surface area contributed by atoms with Gasteiger partial charge in [-0.05, 0) is 50.2 Å². The summed E-state index contributed by atoms with van der Waals surface area (Å²) < 4.78 is 5.29. The number of carbonyl (C=O) groups is 1. The summed E-state index contributed by atoms with van der Waals surface area (Å²) >= 11 is 0. The van der Waals surface area contributed by atoms with Gasteiger partial charge in [-0.2, -0.15) is 0 Å². The molecule has 2 atom stereocenters. The number of carbonyl (C=O) groups excluding carboxylic acids is 1. The van der Waals surface area contributed by atoms with Gasteiger partial charge in [0.15, 0.2) is 0 Å². The lowest BCUT2D eigenvalue weighted by atomic mass is 9.95. The topological polar surface area (TPSA) is 46.5 Å². The molecule has 0 amide bonds. The summed E-state index contributed by atoms with van der Waals surface area (Å²) in [5.74, 6) is -0.319. The SMILES string of the molecule is C[C@@H]1CCCCCc2ccccc2[C@@H](O)C/C=C/C(=O)O1. The van der Waals surface area contributed by atoms with Crippen molar-refractivity contribution in [2.24, 2.45) is 0 Å². The Kier molecular flexibility index (Phi) is 6.00. The van der Waals surface area contributed by atoms with Crippen LogP contribution in [0.3, 0.4) is 0 Å². The molecule has 0 unspecified atom stereocenters. The van der Waals surface area contributed by atoms with Crippen LogP contribution in [0, 0.1) is 0 Å². The molecular formula is C18H24O3. The Morgan fingerprint density at radius 1 is 1.19 bits per heavy atom. The van der Waals surface area contributed by atoms with Crippen LogP contribution in [0.15, 0.2) is 36.4 Å². The summed E-state index contributed by atoms with van der Waals surface area (Å²) in [5, 5.41) is 10.3. The summed E-state index contributed by atoms with van der Waals surface area (Å²) in [6.07, 6.45) is 8.12. The van der Waals surface area contributed by atoms with E-state index >= 15 is 0 Å². The first-order chi connectivity index (χ1) is 10.2. The van der Waals surface area contributed by atoms with Crippen molar-refractivity contribution in [2.45, 2.75) is 57.7 Å². The number of hydrogen-bond donors (Lipinski definition) is 1. The van der Waals surface area contributed by atoms with Gasteiger partial charge < -0.3 is 9.84 Å². The Bertz CT molecular complexity index is 493. The van der Waals surface area contributed by atoms with Crippen molar-refractivity contribution in [2.75, 3.05) is 0 Å². The lowest BCUT2D eigenvalue weighted by Gasteiger charge is -2.16. The standard InChI is InChI=1S/C18H24O3/c1-14-8-3-2-4-9-15-10-5-6-11-16(15)17(19)12-7-13-18(20)21-14/h5-7,10-11,13-14,17,19H,2-4,8-9,12H2,1H3/b13-7+/t14-,17+/m1/s1. The fraction of sp³-hybridized carbons (Fsp3) is 0.500. The number of aryl methyl sites for hydroxylation is 1. The van der Waals surface area contributed by atoms with Crippen LogP contribution in [0.2, 0.25) is 0 Å². The van der Waals surface area contributed by atoms with E-state index in [9.17, 15) is 9.90 Å². The second-order valence-electron chi connectivity index (χ2n) is 5.70. The first-order valence-electron chi connectivity index (χ1n) is 7.80. The number of rotatable bonds is 0. The molecule has 0 aromatic heterocycles. The fourth-order valence-corrected chi connectivity index (χ4v) is 2.73. The average molecular weight is 288 g/mol. The third kappa shape index (κ3) is 5.01. The fourth-order valence-electron chi connectivity index (χ4n) is 2.73. The van der Waals surface area contributed by atoms with Crippen LogP contribution in [0.1, 0.15) is 56.3 Å². The summed E-state index contributed by atoms with van der Waals surface area (Å²) in [6.45, 7) is 1.93. The normalized spacial score (nSPS) is 26.3. The first kappa shape index (κ1) is 15.8. The van der Waals surface area contributed by atoms with Crippen LogP contribution in [0.5, 0.6) is 0 Å². The predicted molar refractivity (Wildman–Crippen MR) is 82.9 cm³/mol. The van der Waals surface area contributed by atoms with Gasteiger partial charge in [0.25, 0.3) is 0 Å². The number of aliphatic hydroxyl groups is 1. The zero-order valence-electron chi connectivity index (χ0n) is 12.6. The maximum atomic E-state index is 11.6. The number of ether oxygens (including phenoxy) is 1. The van der Waals surface area contributed by atoms with Crippen molar-refractivity contribution in [3.05, 3.63) is 47.5 Å². The molecule has 3 nitrogen and oxygen atoms in total. The number of benzene rings is 1. The van der Waals surface area contributed by atoms with Crippen LogP contribution in [0.25, 0.3) is 0 Å². The molecule has 1 aliphatic rings. The van der Waals surface area contributed by atoms with Gasteiger partial charge in [0.2, 0.25) is 0 Å². The maximum Gasteiger partial charge on any atom is 0.330 e. The van der Waals surface area contributed by atoms with Gasteiger partial charge in [-0.1, -0.05) is 36.8 Å². The second kappa shape index (κ2) is 7.99. The van der Waals surface area contributed by atoms with E-state index in [0.717, 1.165) is 37.7 Å². The molecule has 0 saturated carbocycles. The molecule has 1 aromatic rings. The van der Waals surface area contributed by atoms with Gasteiger partial charge in [-0.3, -0.25) is 0 Å². The zero-order chi connectivity index (χ0) is 15.1. The number of hydrogen-bond acceptors (Lipinski definition) is 3. The quantitative estimate of drug-likeness (QED) is 0.740. The summed E-state index contributed by atoms with van der Waals surface area (Å²) in [4.78, 5) is 11.6. The van der Waals surface area contributed by atoms with E-state index in [1.165, 1.54) is 11.6 Å². The molecule has 0 aliphatic carbocycles. The van der Waals surface area contributed by atoms with E-state index in [1.807, 2.05) is 25.1 Å². The highest BCUT2D eigenvalue weighted by atomic mass is 16.5. The van der Waals surface area contributed by atoms with Crippen LogP contribution in [0.4, 0.5) is 0 Å². The van der Waals surface area contributed by atoms with E-state index < -0.39 is 6.10 Å². The lowest BCUT2D eigenvalue weighted by Crippen LogP contribution is -2.13. The minimum atomic E-state index is -0.564. The van der Waals surface area contributed by atoms with Crippen LogP contribution in [-0.2, 0) is 16.0 Å². The molecule has 0 saturated heterocycles. The van der Waals surface area contributed by atoms with E-state index in [4.69, 9.17) is 4.74 Å². The molecule has 3 heteroatoms. The van der Waals surface area contributed by atoms with E-state index in [2.05, 4.69) is 6.07 Å². The van der Waals surface area contributed by atoms with Crippen molar-refractivity contribution in [1.82, 2.24) is 0 Å². The molecule has 1 aromatic carbocycles. The van der Waals surface area contributed by atoms with Crippen molar-refractivity contribution in [3.8, 4) is 0 Å². The average Bonchev–Trinajstić information content (AvgIpc) is 2.46. The van der Waals surface area contributed by atoms with E-state index in [1.54, 1.807) is 6.08 Å². The smallest absolute Gasteiger partial charge is 0.330 e. The molecule has 2 rings (SSSR count). The molecule has 1 aliphatic heterocycles. The van der Waals surface area contributed by atoms with Crippen molar-refractivity contribution >= 4 is 5.97 Å². The Balaban J connectivity index is 2.12. The molecule has 1 N–H and O–H groups in total. The van der Waals surface area contributed by atoms with Crippen molar-refractivity contribution in [3.63, 3.8) is 0 Å². The molecule has 0 spiro atoms. The highest BCUT2D eigenvalue weighted by molar-refractivity contribution is 5.82. The minimum Gasteiger partial charge on any atom is -0.460 e. The first-order valence-corrected chi connectivity index (χ1v) is 7.80. The van der Waals surface area contributed by atoms with Gasteiger partial charge in [-0.25, -0.2) is 4.79 Å². The van der Waals surface area contributed by atoms with E-state index in [0.29, 0.717) is 6.42 Å². The zero-order valence-corrected chi connectivity index (χ0v) is 12.6. The van der Waals surface area contributed by atoms with Crippen LogP contribution >= 0.6 is 0 Å². The highest BCUT2D eigenvalue weighted by Gasteiger charge is 2.12. The van der Waals surface area contributed by atoms with Crippen molar-refractivity contribution < 1.29 is 14.6 Å². The number of cyclic esters (lactones) is 1. The lowest BCUT2D eigenvalue weighted by molar-refractivity contribution is -0.142. The highest BCUT2D eigenvalue weighted by Crippen LogP contribution is 2.23. The van der Waals surface area contributed by atoms with Gasteiger partial charge in [0.05, 0.1) is 12.2 Å². The monoisotopic (exact) mass is 288 g/mol. The largest absolute Gasteiger partial charge is 0.460 e. The Morgan fingerprint density at radius 3 is 2.86 bits per heavy atom. The van der Waals surface area contributed by atoms with Crippen molar-refractivity contribution in [1.29, 1.82) is 0 Å². The molecule has 0 fully saturated rings. The predicted octanol–water partition coefficient (Wildman–Crippen LogP) is 3.71. The number of fused-ring (bicyclic) bond motifs is 1. The second-order valence-corrected chi connectivity index (χ2v) is 5.70. The molecule has 0 radical (unpaired) electrons. The minimum absolute atomic E-state index is 0.0395. The van der Waals surface area contributed by atoms with Gasteiger partial charge in [-0.15, -0.1) is 0 Å². The Labute approximate surface area is 126 Å². The molecule has 21 heavy (non-hydrogen) atoms. The summed E-state index contributed by atoms with van der Waals surface area (Å²) in [7, 11) is 0. The number of aliphatic hydroxyl groups excluding tert-OH is 1. The van der Waals surface area contributed by atoms with Crippen LogP contribution in [-0.4, -0.2) is 17.2 Å². The molecule has 114 valence electrons. The summed E-state index contributed by atoms with van der Waals surface area (Å²) in [6, 6.07) is 8.03. The Hall–Kier alpha value is -1.61. The summed E-state index contributed by atoms with van der Waals surface area (Å²) in [5.41, 5.74) is 2.19. The molecular weight excluding hydrogens is 264 g/mol. The number of esters is 1. The maximum absolute atomic E-state index is 11.6. The van der Waals surface area contributed by atoms with Gasteiger partial charge in [0, 0.05) is 6.08 Å². The van der Waals surface area contributed by atoms with E-state index in [-0.39, 0.29) is 12.1 Å². The molecule has 1 heterocycles. The third-order valence-corrected chi connectivity index (χ3v) is 3.90. The van der Waals surface area contributed by atoms with Crippen LogP contribution < -0.4 is 0 Å². The van der Waals surface area contributed by atoms with Gasteiger partial charge in [0.1, 0.15) is 0 Å². The van der Waals surface area contributed by atoms with Gasteiger partial charge >= 0.3 is 5.97 Å². The molecule has 0 bridgehead atoms. The Morgan fingerprint density at radius 2 is 2.00 bits per heavy atom.